The van der Waals surface area contributed by atoms with E-state index in [0.29, 0.717) is 6.61 Å². The van der Waals surface area contributed by atoms with E-state index in [0.717, 1.165) is 5.47 Å². The number of allylic oxidation sites excluding steroid dienone is 1. The third-order valence-corrected chi connectivity index (χ3v) is 3.37. The number of nitrogens with two attached hydrogens (primary N) is 1. The van der Waals surface area contributed by atoms with Crippen molar-refractivity contribution in [2.75, 3.05) is 13.7 Å². The summed E-state index contributed by atoms with van der Waals surface area (Å²) in [5.41, 5.74) is 6.01. The van der Waals surface area contributed by atoms with Crippen LogP contribution in [-0.4, -0.2) is 32.6 Å². The fraction of sp³-hybridized carbons (Fsp3) is 0.727. The molecule has 1 saturated heterocycles. The van der Waals surface area contributed by atoms with Gasteiger partial charge < -0.3 is 15.0 Å². The average Bonchev–Trinajstić information content (AvgIpc) is 2.19. The van der Waals surface area contributed by atoms with Crippen LogP contribution in [-0.2, 0) is 9.31 Å². The van der Waals surface area contributed by atoms with Crippen molar-refractivity contribution in [2.45, 2.75) is 33.3 Å². The summed E-state index contributed by atoms with van der Waals surface area (Å²) in [6, 6.07) is 0. The Bertz CT molecular complexity index is 311. The fourth-order valence-corrected chi connectivity index (χ4v) is 1.41. The van der Waals surface area contributed by atoms with E-state index in [-0.39, 0.29) is 11.0 Å². The maximum atomic E-state index is 5.93. The quantitative estimate of drug-likeness (QED) is 0.569. The van der Waals surface area contributed by atoms with Gasteiger partial charge in [-0.25, -0.2) is 0 Å². The molecule has 0 aromatic carbocycles. The topological polar surface area (TPSA) is 56.8 Å². The van der Waals surface area contributed by atoms with E-state index in [4.69, 9.17) is 15.0 Å². The van der Waals surface area contributed by atoms with Crippen molar-refractivity contribution in [3.63, 3.8) is 0 Å². The van der Waals surface area contributed by atoms with Gasteiger partial charge in [0.15, 0.2) is 0 Å². The summed E-state index contributed by atoms with van der Waals surface area (Å²) in [6.07, 6.45) is 3.14. The minimum Gasteiger partial charge on any atom is -0.407 e. The lowest BCUT2D eigenvalue weighted by atomic mass is 9.69. The van der Waals surface area contributed by atoms with Crippen LogP contribution in [0.3, 0.4) is 0 Å². The van der Waals surface area contributed by atoms with Gasteiger partial charge in [-0.1, -0.05) is 13.8 Å². The third-order valence-electron chi connectivity index (χ3n) is 3.37. The smallest absolute Gasteiger partial charge is 0.407 e. The Morgan fingerprint density at radius 1 is 1.38 bits per heavy atom. The first-order valence-electron chi connectivity index (χ1n) is 5.47. The van der Waals surface area contributed by atoms with Crippen LogP contribution in [0.2, 0.25) is 0 Å². The van der Waals surface area contributed by atoms with Crippen LogP contribution >= 0.6 is 0 Å². The van der Waals surface area contributed by atoms with Crippen LogP contribution in [0.1, 0.15) is 27.7 Å². The second kappa shape index (κ2) is 4.59. The van der Waals surface area contributed by atoms with E-state index in [9.17, 15) is 0 Å². The Morgan fingerprint density at radius 3 is 2.44 bits per heavy atom. The van der Waals surface area contributed by atoms with Gasteiger partial charge in [0.2, 0.25) is 0 Å². The first kappa shape index (κ1) is 13.3. The molecule has 0 radical (unpaired) electrons. The molecule has 0 bridgehead atoms. The van der Waals surface area contributed by atoms with Crippen molar-refractivity contribution in [1.82, 2.24) is 0 Å². The Hall–Kier alpha value is -0.805. The van der Waals surface area contributed by atoms with Crippen LogP contribution in [0.25, 0.3) is 0 Å². The Balaban J connectivity index is 2.83. The van der Waals surface area contributed by atoms with E-state index >= 15 is 0 Å². The SMILES string of the molecule is CN=CC(=CN)B1OCC(C)(C)C(C)(C)O1. The van der Waals surface area contributed by atoms with Crippen molar-refractivity contribution < 1.29 is 9.31 Å². The summed E-state index contributed by atoms with van der Waals surface area (Å²) in [5, 5.41) is 0. The number of aliphatic imine (C=N–C) groups is 1. The molecule has 0 aromatic heterocycles. The minimum absolute atomic E-state index is 0.0213. The average molecular weight is 224 g/mol. The third kappa shape index (κ3) is 2.47. The van der Waals surface area contributed by atoms with E-state index in [1.54, 1.807) is 13.3 Å². The summed E-state index contributed by atoms with van der Waals surface area (Å²) in [4.78, 5) is 3.93. The zero-order chi connectivity index (χ0) is 12.4. The molecule has 1 aliphatic heterocycles. The molecule has 1 heterocycles. The molecule has 0 saturated carbocycles. The molecule has 2 N–H and O–H groups in total. The van der Waals surface area contributed by atoms with Crippen molar-refractivity contribution in [3.8, 4) is 0 Å². The molecule has 0 spiro atoms. The Labute approximate surface area is 98.0 Å². The van der Waals surface area contributed by atoms with Gasteiger partial charge in [-0.15, -0.1) is 0 Å². The van der Waals surface area contributed by atoms with Gasteiger partial charge >= 0.3 is 7.12 Å². The lowest BCUT2D eigenvalue weighted by Gasteiger charge is -2.47. The molecule has 1 aliphatic rings. The summed E-state index contributed by atoms with van der Waals surface area (Å²) < 4.78 is 11.6. The second-order valence-electron chi connectivity index (χ2n) is 5.21. The number of hydrogen-bond donors (Lipinski definition) is 1. The zero-order valence-corrected chi connectivity index (χ0v) is 10.8. The molecular weight excluding hydrogens is 203 g/mol. The molecule has 16 heavy (non-hydrogen) atoms. The molecule has 4 nitrogen and oxygen atoms in total. The Kier molecular flexibility index (Phi) is 3.81. The lowest BCUT2D eigenvalue weighted by molar-refractivity contribution is -0.0947. The highest BCUT2D eigenvalue weighted by Gasteiger charge is 2.47. The molecular formula is C11H21BN2O2. The van der Waals surface area contributed by atoms with E-state index in [2.05, 4.69) is 32.7 Å². The van der Waals surface area contributed by atoms with Crippen LogP contribution < -0.4 is 5.73 Å². The second-order valence-corrected chi connectivity index (χ2v) is 5.21. The summed E-state index contributed by atoms with van der Waals surface area (Å²) in [6.45, 7) is 9.03. The van der Waals surface area contributed by atoms with Crippen molar-refractivity contribution in [2.24, 2.45) is 16.1 Å². The van der Waals surface area contributed by atoms with Crippen molar-refractivity contribution in [1.29, 1.82) is 0 Å². The van der Waals surface area contributed by atoms with Gasteiger partial charge in [0.05, 0.1) is 5.60 Å². The van der Waals surface area contributed by atoms with Crippen LogP contribution in [0.4, 0.5) is 0 Å². The van der Waals surface area contributed by atoms with Gasteiger partial charge in [-0.05, 0) is 20.0 Å². The van der Waals surface area contributed by atoms with Crippen LogP contribution in [0.5, 0.6) is 0 Å². The molecule has 0 amide bonds. The normalized spacial score (nSPS) is 25.1. The van der Waals surface area contributed by atoms with Crippen molar-refractivity contribution >= 4 is 13.3 Å². The summed E-state index contributed by atoms with van der Waals surface area (Å²) >= 11 is 0. The van der Waals surface area contributed by atoms with Gasteiger partial charge in [-0.3, -0.25) is 4.99 Å². The maximum absolute atomic E-state index is 5.93. The van der Waals surface area contributed by atoms with E-state index in [1.807, 2.05) is 0 Å². The van der Waals surface area contributed by atoms with Crippen molar-refractivity contribution in [3.05, 3.63) is 11.7 Å². The Morgan fingerprint density at radius 2 is 2.00 bits per heavy atom. The highest BCUT2D eigenvalue weighted by molar-refractivity contribution is 6.59. The predicted molar refractivity (Wildman–Crippen MR) is 67.3 cm³/mol. The summed E-state index contributed by atoms with van der Waals surface area (Å²) in [7, 11) is 1.28. The van der Waals surface area contributed by atoms with Crippen LogP contribution in [0, 0.1) is 5.41 Å². The fourth-order valence-electron chi connectivity index (χ4n) is 1.41. The summed E-state index contributed by atoms with van der Waals surface area (Å²) in [5.74, 6) is 0. The molecule has 90 valence electrons. The first-order valence-corrected chi connectivity index (χ1v) is 5.47. The maximum Gasteiger partial charge on any atom is 0.497 e. The standard InChI is InChI=1S/C11H21BN2O2/c1-10(2)8-15-12(16-11(10,3)4)9(6-13)7-14-5/h6-7H,8,13H2,1-5H3. The van der Waals surface area contributed by atoms with Gasteiger partial charge in [0, 0.05) is 30.8 Å². The molecule has 5 heteroatoms. The molecule has 1 rings (SSSR count). The van der Waals surface area contributed by atoms with E-state index in [1.165, 1.54) is 6.20 Å². The van der Waals surface area contributed by atoms with Gasteiger partial charge in [-0.2, -0.15) is 0 Å². The van der Waals surface area contributed by atoms with Gasteiger partial charge in [0.1, 0.15) is 0 Å². The predicted octanol–water partition coefficient (Wildman–Crippen LogP) is 1.41. The zero-order valence-electron chi connectivity index (χ0n) is 10.8. The monoisotopic (exact) mass is 224 g/mol. The molecule has 0 unspecified atom stereocenters. The number of rotatable bonds is 2. The highest BCUT2D eigenvalue weighted by Crippen LogP contribution is 2.38. The molecule has 0 aliphatic carbocycles. The number of nitrogens with zero attached hydrogens (tertiary/aromatic N) is 1. The highest BCUT2D eigenvalue weighted by atomic mass is 16.6. The molecule has 0 aromatic rings. The molecule has 1 fully saturated rings. The lowest BCUT2D eigenvalue weighted by Crippen LogP contribution is -2.55. The van der Waals surface area contributed by atoms with Crippen LogP contribution in [0.15, 0.2) is 16.7 Å². The minimum atomic E-state index is -0.420. The largest absolute Gasteiger partial charge is 0.497 e. The van der Waals surface area contributed by atoms with E-state index < -0.39 is 7.12 Å². The first-order chi connectivity index (χ1) is 7.34. The number of hydrogen-bond acceptors (Lipinski definition) is 4. The van der Waals surface area contributed by atoms with Gasteiger partial charge in [0.25, 0.3) is 0 Å². The molecule has 0 atom stereocenters.